The van der Waals surface area contributed by atoms with Crippen molar-refractivity contribution in [3.63, 3.8) is 0 Å². The van der Waals surface area contributed by atoms with Crippen LogP contribution in [0.4, 0.5) is 4.39 Å². The molecule has 0 bridgehead atoms. The molecule has 0 aliphatic carbocycles. The second kappa shape index (κ2) is 8.51. The van der Waals surface area contributed by atoms with E-state index in [0.717, 1.165) is 17.7 Å². The Bertz CT molecular complexity index is 551. The van der Waals surface area contributed by atoms with Gasteiger partial charge in [-0.25, -0.2) is 4.39 Å². The van der Waals surface area contributed by atoms with Gasteiger partial charge in [0.05, 0.1) is 18.9 Å². The van der Waals surface area contributed by atoms with Crippen LogP contribution in [0.1, 0.15) is 24.2 Å². The lowest BCUT2D eigenvalue weighted by Crippen LogP contribution is -2.31. The van der Waals surface area contributed by atoms with Gasteiger partial charge < -0.3 is 9.52 Å². The van der Waals surface area contributed by atoms with Crippen LogP contribution in [0.25, 0.3) is 0 Å². The zero-order chi connectivity index (χ0) is 15.8. The van der Waals surface area contributed by atoms with Crippen molar-refractivity contribution in [3.8, 4) is 0 Å². The Morgan fingerprint density at radius 2 is 2.00 bits per heavy atom. The van der Waals surface area contributed by atoms with Crippen LogP contribution in [-0.2, 0) is 13.1 Å². The fourth-order valence-electron chi connectivity index (χ4n) is 2.36. The molecule has 1 atom stereocenters. The number of allylic oxidation sites excluding steroid dienone is 1. The number of nitrogens with zero attached hydrogens (tertiary/aromatic N) is 1. The van der Waals surface area contributed by atoms with Crippen molar-refractivity contribution >= 4 is 0 Å². The van der Waals surface area contributed by atoms with Gasteiger partial charge in [-0.3, -0.25) is 4.90 Å². The molecule has 0 saturated heterocycles. The lowest BCUT2D eigenvalue weighted by Gasteiger charge is -2.24. The predicted molar refractivity (Wildman–Crippen MR) is 84.7 cm³/mol. The largest absolute Gasteiger partial charge is 0.468 e. The Hall–Kier alpha value is -1.91. The van der Waals surface area contributed by atoms with E-state index in [-0.39, 0.29) is 5.82 Å². The molecular weight excluding hydrogens is 281 g/mol. The van der Waals surface area contributed by atoms with Gasteiger partial charge in [-0.1, -0.05) is 18.2 Å². The van der Waals surface area contributed by atoms with Gasteiger partial charge in [0.2, 0.25) is 0 Å². The third kappa shape index (κ3) is 5.47. The van der Waals surface area contributed by atoms with Crippen molar-refractivity contribution in [2.45, 2.75) is 32.0 Å². The van der Waals surface area contributed by atoms with Gasteiger partial charge in [0.15, 0.2) is 0 Å². The zero-order valence-electron chi connectivity index (χ0n) is 12.6. The molecule has 1 heterocycles. The molecule has 22 heavy (non-hydrogen) atoms. The summed E-state index contributed by atoms with van der Waals surface area (Å²) in [7, 11) is 0. The number of rotatable bonds is 9. The van der Waals surface area contributed by atoms with Crippen LogP contribution in [0, 0.1) is 5.82 Å². The van der Waals surface area contributed by atoms with E-state index in [0.29, 0.717) is 26.1 Å². The highest BCUT2D eigenvalue weighted by molar-refractivity contribution is 5.16. The molecule has 0 saturated carbocycles. The Labute approximate surface area is 130 Å². The third-order valence-corrected chi connectivity index (χ3v) is 3.45. The van der Waals surface area contributed by atoms with Crippen LogP contribution in [0.2, 0.25) is 0 Å². The number of furan rings is 1. The maximum atomic E-state index is 13.0. The molecule has 2 rings (SSSR count). The van der Waals surface area contributed by atoms with Crippen LogP contribution in [0.3, 0.4) is 0 Å². The molecule has 0 amide bonds. The highest BCUT2D eigenvalue weighted by atomic mass is 19.1. The molecule has 0 aliphatic rings. The number of aliphatic hydroxyl groups excluding tert-OH is 1. The lowest BCUT2D eigenvalue weighted by molar-refractivity contribution is 0.0945. The summed E-state index contributed by atoms with van der Waals surface area (Å²) in [5.41, 5.74) is 1.00. The second-order valence-electron chi connectivity index (χ2n) is 5.40. The van der Waals surface area contributed by atoms with Gasteiger partial charge in [0.1, 0.15) is 11.6 Å². The van der Waals surface area contributed by atoms with E-state index in [1.54, 1.807) is 24.5 Å². The van der Waals surface area contributed by atoms with Gasteiger partial charge in [-0.15, -0.1) is 6.58 Å². The molecule has 2 aromatic rings. The maximum absolute atomic E-state index is 13.0. The predicted octanol–water partition coefficient (Wildman–Crippen LogP) is 3.75. The second-order valence-corrected chi connectivity index (χ2v) is 5.40. The highest BCUT2D eigenvalue weighted by Crippen LogP contribution is 2.13. The summed E-state index contributed by atoms with van der Waals surface area (Å²) in [4.78, 5) is 2.10. The number of hydrogen-bond donors (Lipinski definition) is 1. The Morgan fingerprint density at radius 3 is 2.64 bits per heavy atom. The average Bonchev–Trinajstić information content (AvgIpc) is 3.00. The number of aliphatic hydroxyl groups is 1. The SMILES string of the molecule is C=CCCC(O)CN(Cc1ccc(F)cc1)Cc1ccco1. The quantitative estimate of drug-likeness (QED) is 0.717. The van der Waals surface area contributed by atoms with Gasteiger partial charge in [-0.2, -0.15) is 0 Å². The van der Waals surface area contributed by atoms with Crippen LogP contribution >= 0.6 is 0 Å². The summed E-state index contributed by atoms with van der Waals surface area (Å²) in [6.45, 7) is 5.44. The van der Waals surface area contributed by atoms with Crippen LogP contribution in [-0.4, -0.2) is 22.7 Å². The van der Waals surface area contributed by atoms with E-state index in [1.165, 1.54) is 12.1 Å². The van der Waals surface area contributed by atoms with Crippen LogP contribution < -0.4 is 0 Å². The normalized spacial score (nSPS) is 12.5. The molecule has 1 unspecified atom stereocenters. The van der Waals surface area contributed by atoms with Crippen LogP contribution in [0.15, 0.2) is 59.7 Å². The van der Waals surface area contributed by atoms with Crippen molar-refractivity contribution in [1.82, 2.24) is 4.90 Å². The smallest absolute Gasteiger partial charge is 0.123 e. The first-order chi connectivity index (χ1) is 10.7. The average molecular weight is 303 g/mol. The molecule has 4 heteroatoms. The van der Waals surface area contributed by atoms with E-state index in [1.807, 2.05) is 12.1 Å². The Kier molecular flexibility index (Phi) is 6.37. The van der Waals surface area contributed by atoms with Crippen molar-refractivity contribution in [2.75, 3.05) is 6.54 Å². The monoisotopic (exact) mass is 303 g/mol. The van der Waals surface area contributed by atoms with Crippen LogP contribution in [0.5, 0.6) is 0 Å². The van der Waals surface area contributed by atoms with Gasteiger partial charge >= 0.3 is 0 Å². The number of benzene rings is 1. The van der Waals surface area contributed by atoms with E-state index in [2.05, 4.69) is 11.5 Å². The minimum absolute atomic E-state index is 0.243. The van der Waals surface area contributed by atoms with E-state index < -0.39 is 6.10 Å². The number of hydrogen-bond acceptors (Lipinski definition) is 3. The molecule has 1 N–H and O–H groups in total. The van der Waals surface area contributed by atoms with Crippen molar-refractivity contribution in [1.29, 1.82) is 0 Å². The molecular formula is C18H22FNO2. The molecule has 118 valence electrons. The summed E-state index contributed by atoms with van der Waals surface area (Å²) < 4.78 is 18.4. The molecule has 0 aliphatic heterocycles. The number of halogens is 1. The summed E-state index contributed by atoms with van der Waals surface area (Å²) in [6.07, 6.45) is 4.49. The van der Waals surface area contributed by atoms with Crippen molar-refractivity contribution < 1.29 is 13.9 Å². The fraction of sp³-hybridized carbons (Fsp3) is 0.333. The zero-order valence-corrected chi connectivity index (χ0v) is 12.6. The topological polar surface area (TPSA) is 36.6 Å². The van der Waals surface area contributed by atoms with E-state index in [4.69, 9.17) is 4.42 Å². The summed E-state index contributed by atoms with van der Waals surface area (Å²) in [5.74, 6) is 0.602. The molecule has 0 spiro atoms. The fourth-order valence-corrected chi connectivity index (χ4v) is 2.36. The van der Waals surface area contributed by atoms with E-state index in [9.17, 15) is 9.50 Å². The summed E-state index contributed by atoms with van der Waals surface area (Å²) in [6, 6.07) is 10.2. The first-order valence-corrected chi connectivity index (χ1v) is 7.45. The van der Waals surface area contributed by atoms with Crippen molar-refractivity contribution in [2.24, 2.45) is 0 Å². The summed E-state index contributed by atoms with van der Waals surface area (Å²) >= 11 is 0. The van der Waals surface area contributed by atoms with Gasteiger partial charge in [0, 0.05) is 13.1 Å². The first-order valence-electron chi connectivity index (χ1n) is 7.45. The summed E-state index contributed by atoms with van der Waals surface area (Å²) in [5, 5.41) is 10.1. The Balaban J connectivity index is 2.00. The van der Waals surface area contributed by atoms with E-state index >= 15 is 0 Å². The molecule has 1 aromatic carbocycles. The molecule has 0 fully saturated rings. The first kappa shape index (κ1) is 16.5. The molecule has 1 aromatic heterocycles. The Morgan fingerprint density at radius 1 is 1.23 bits per heavy atom. The lowest BCUT2D eigenvalue weighted by atomic mass is 10.1. The molecule has 0 radical (unpaired) electrons. The van der Waals surface area contributed by atoms with Gasteiger partial charge in [0.25, 0.3) is 0 Å². The maximum Gasteiger partial charge on any atom is 0.123 e. The third-order valence-electron chi connectivity index (χ3n) is 3.45. The van der Waals surface area contributed by atoms with Gasteiger partial charge in [-0.05, 0) is 42.7 Å². The highest BCUT2D eigenvalue weighted by Gasteiger charge is 2.14. The minimum Gasteiger partial charge on any atom is -0.468 e. The molecule has 3 nitrogen and oxygen atoms in total. The standard InChI is InChI=1S/C18H22FNO2/c1-2-3-5-17(21)13-20(14-18-6-4-11-22-18)12-15-7-9-16(19)10-8-15/h2,4,6-11,17,21H,1,3,5,12-14H2. The van der Waals surface area contributed by atoms with Crippen molar-refractivity contribution in [3.05, 3.63) is 72.5 Å². The minimum atomic E-state index is -0.423.